The van der Waals surface area contributed by atoms with Gasteiger partial charge < -0.3 is 15.1 Å². The highest BCUT2D eigenvalue weighted by molar-refractivity contribution is 5.66. The summed E-state index contributed by atoms with van der Waals surface area (Å²) in [5.41, 5.74) is 3.78. The molecule has 2 aromatic rings. The fourth-order valence-electron chi connectivity index (χ4n) is 9.60. The number of fused-ring (bicyclic) bond motifs is 2. The minimum absolute atomic E-state index is 0.180. The number of rotatable bonds is 3. The van der Waals surface area contributed by atoms with Gasteiger partial charge in [0.05, 0.1) is 23.6 Å². The smallest absolute Gasteiger partial charge is 0.194 e. The monoisotopic (exact) mass is 417 g/mol. The lowest BCUT2D eigenvalue weighted by molar-refractivity contribution is -1.05. The number of quaternary nitrogens is 1. The molecule has 4 saturated heterocycles. The molecular weight excluding hydrogens is 384 g/mol. The van der Waals surface area contributed by atoms with Gasteiger partial charge in [-0.3, -0.25) is 4.48 Å². The van der Waals surface area contributed by atoms with Crippen molar-refractivity contribution in [2.24, 2.45) is 17.8 Å². The van der Waals surface area contributed by atoms with E-state index in [0.29, 0.717) is 18.0 Å². The van der Waals surface area contributed by atoms with E-state index in [2.05, 4.69) is 73.5 Å². The molecule has 4 nitrogen and oxygen atoms in total. The van der Waals surface area contributed by atoms with E-state index in [0.717, 1.165) is 30.3 Å². The number of piperidine rings is 4. The molecule has 5 fully saturated rings. The number of hydrogen-bond donors (Lipinski definition) is 2. The quantitative estimate of drug-likeness (QED) is 0.754. The largest absolute Gasteiger partial charge is 0.392 e. The Balaban J connectivity index is 1.47. The summed E-state index contributed by atoms with van der Waals surface area (Å²) < 4.78 is 0.769. The maximum absolute atomic E-state index is 12.1. The number of aliphatic hydroxyl groups is 2. The SMILES string of the molecule is CC[C@H]1[C@@H]2C[C@H]3[C@@H]4N(C)c5ccccc5[C@]45C[C@@H]([C@@H]2[C@@H]5O)[N+]3(Cc2ccccc2)[C@@H]1O. The van der Waals surface area contributed by atoms with Crippen LogP contribution in [0, 0.1) is 17.8 Å². The van der Waals surface area contributed by atoms with Crippen molar-refractivity contribution in [2.75, 3.05) is 11.9 Å². The number of anilines is 1. The summed E-state index contributed by atoms with van der Waals surface area (Å²) in [6, 6.07) is 20.5. The Morgan fingerprint density at radius 3 is 2.55 bits per heavy atom. The van der Waals surface area contributed by atoms with E-state index in [1.165, 1.54) is 16.8 Å². The fraction of sp³-hybridized carbons (Fsp3) is 0.556. The molecule has 1 aliphatic carbocycles. The standard InChI is InChI=1S/C27H33N2O2/c1-3-17-18-13-21-24-27(19-11-7-8-12-20(19)28(24)2)14-22(23(18)25(27)30)29(21,26(17)31)15-16-9-5-4-6-10-16/h4-12,17-18,21-26,30-31H,3,13-15H2,1-2H3/q+1/t17-,18-,21-,22-,23+,24-,25-,26+,27+,29?/m0/s1. The van der Waals surface area contributed by atoms with E-state index >= 15 is 0 Å². The van der Waals surface area contributed by atoms with Gasteiger partial charge in [-0.05, 0) is 24.0 Å². The Kier molecular flexibility index (Phi) is 3.56. The second kappa shape index (κ2) is 5.92. The van der Waals surface area contributed by atoms with E-state index in [-0.39, 0.29) is 35.6 Å². The highest BCUT2D eigenvalue weighted by Crippen LogP contribution is 2.71. The van der Waals surface area contributed by atoms with Crippen LogP contribution < -0.4 is 4.90 Å². The van der Waals surface area contributed by atoms with Gasteiger partial charge in [0.2, 0.25) is 0 Å². The van der Waals surface area contributed by atoms with Crippen molar-refractivity contribution in [1.29, 1.82) is 0 Å². The Morgan fingerprint density at radius 2 is 1.77 bits per heavy atom. The molecule has 10 atom stereocenters. The third kappa shape index (κ3) is 1.88. The van der Waals surface area contributed by atoms with Gasteiger partial charge in [0, 0.05) is 43.0 Å². The van der Waals surface area contributed by atoms with Crippen molar-refractivity contribution in [2.45, 2.75) is 68.6 Å². The number of hydrogen-bond acceptors (Lipinski definition) is 3. The highest BCUT2D eigenvalue weighted by atomic mass is 16.3. The average Bonchev–Trinajstić information content (AvgIpc) is 3.18. The first-order valence-corrected chi connectivity index (χ1v) is 12.1. The van der Waals surface area contributed by atoms with Crippen LogP contribution in [0.2, 0.25) is 0 Å². The predicted octanol–water partition coefficient (Wildman–Crippen LogP) is 3.27. The van der Waals surface area contributed by atoms with Crippen LogP contribution in [0.5, 0.6) is 0 Å². The second-order valence-electron chi connectivity index (χ2n) is 11.0. The molecule has 31 heavy (non-hydrogen) atoms. The Morgan fingerprint density at radius 1 is 1.03 bits per heavy atom. The van der Waals surface area contributed by atoms with Gasteiger partial charge in [-0.15, -0.1) is 0 Å². The van der Waals surface area contributed by atoms with E-state index in [4.69, 9.17) is 0 Å². The van der Waals surface area contributed by atoms with Gasteiger partial charge in [-0.2, -0.15) is 0 Å². The number of likely N-dealkylation sites (N-methyl/N-ethyl adjacent to an activating group) is 1. The molecule has 6 aliphatic rings. The third-order valence-corrected chi connectivity index (χ3v) is 10.4. The number of nitrogens with zero attached hydrogens (tertiary/aromatic N) is 2. The zero-order chi connectivity index (χ0) is 21.1. The molecule has 5 bridgehead atoms. The van der Waals surface area contributed by atoms with E-state index in [1.54, 1.807) is 0 Å². The van der Waals surface area contributed by atoms with Crippen molar-refractivity contribution in [1.82, 2.24) is 0 Å². The first kappa shape index (κ1) is 18.7. The molecule has 5 heterocycles. The van der Waals surface area contributed by atoms with E-state index in [1.807, 2.05) is 0 Å². The van der Waals surface area contributed by atoms with Crippen LogP contribution in [0.25, 0.3) is 0 Å². The molecule has 0 amide bonds. The summed E-state index contributed by atoms with van der Waals surface area (Å²) >= 11 is 0. The van der Waals surface area contributed by atoms with Crippen LogP contribution in [0.4, 0.5) is 5.69 Å². The minimum Gasteiger partial charge on any atom is -0.392 e. The van der Waals surface area contributed by atoms with Gasteiger partial charge in [-0.25, -0.2) is 0 Å². The normalized spacial score (nSPS) is 48.2. The van der Waals surface area contributed by atoms with E-state index in [9.17, 15) is 10.2 Å². The predicted molar refractivity (Wildman–Crippen MR) is 120 cm³/mol. The lowest BCUT2D eigenvalue weighted by atomic mass is 9.60. The topological polar surface area (TPSA) is 43.7 Å². The summed E-state index contributed by atoms with van der Waals surface area (Å²) in [7, 11) is 2.23. The summed E-state index contributed by atoms with van der Waals surface area (Å²) in [5.74, 6) is 1.01. The van der Waals surface area contributed by atoms with E-state index < -0.39 is 0 Å². The van der Waals surface area contributed by atoms with Gasteiger partial charge in [0.1, 0.15) is 12.6 Å². The number of aliphatic hydroxyl groups excluding tert-OH is 2. The van der Waals surface area contributed by atoms with Gasteiger partial charge in [0.15, 0.2) is 6.23 Å². The van der Waals surface area contributed by atoms with Crippen molar-refractivity contribution in [3.05, 3.63) is 65.7 Å². The first-order chi connectivity index (χ1) is 15.1. The maximum atomic E-state index is 12.1. The van der Waals surface area contributed by atoms with Crippen LogP contribution in [0.3, 0.4) is 0 Å². The zero-order valence-electron chi connectivity index (χ0n) is 18.4. The van der Waals surface area contributed by atoms with Crippen LogP contribution in [-0.2, 0) is 12.0 Å². The molecule has 8 rings (SSSR count). The molecule has 5 aliphatic heterocycles. The van der Waals surface area contributed by atoms with Crippen molar-refractivity contribution < 1.29 is 14.7 Å². The van der Waals surface area contributed by atoms with Gasteiger partial charge >= 0.3 is 0 Å². The Hall–Kier alpha value is -1.88. The lowest BCUT2D eigenvalue weighted by Crippen LogP contribution is -2.82. The highest BCUT2D eigenvalue weighted by Gasteiger charge is 2.82. The summed E-state index contributed by atoms with van der Waals surface area (Å²) in [5, 5.41) is 24.1. The lowest BCUT2D eigenvalue weighted by Gasteiger charge is -2.68. The van der Waals surface area contributed by atoms with Crippen molar-refractivity contribution in [3.8, 4) is 0 Å². The van der Waals surface area contributed by atoms with Gasteiger partial charge in [0.25, 0.3) is 0 Å². The Bertz CT molecular complexity index is 1040. The molecule has 2 N–H and O–H groups in total. The molecule has 1 spiro atoms. The molecule has 1 saturated carbocycles. The van der Waals surface area contributed by atoms with Gasteiger partial charge in [-0.1, -0.05) is 55.5 Å². The Labute approximate surface area is 184 Å². The molecule has 0 radical (unpaired) electrons. The first-order valence-electron chi connectivity index (χ1n) is 12.1. The second-order valence-corrected chi connectivity index (χ2v) is 11.0. The van der Waals surface area contributed by atoms with Crippen LogP contribution >= 0.6 is 0 Å². The zero-order valence-corrected chi connectivity index (χ0v) is 18.4. The van der Waals surface area contributed by atoms with Crippen LogP contribution in [0.1, 0.15) is 37.3 Å². The number of benzene rings is 2. The average molecular weight is 418 g/mol. The summed E-state index contributed by atoms with van der Waals surface area (Å²) in [6.07, 6.45) is 2.47. The third-order valence-electron chi connectivity index (χ3n) is 10.4. The number of para-hydroxylation sites is 1. The minimum atomic E-state index is -0.337. The maximum Gasteiger partial charge on any atom is 0.194 e. The van der Waals surface area contributed by atoms with Crippen LogP contribution in [-0.4, -0.2) is 52.2 Å². The molecule has 4 heteroatoms. The summed E-state index contributed by atoms with van der Waals surface area (Å²) in [4.78, 5) is 2.47. The molecule has 1 unspecified atom stereocenters. The van der Waals surface area contributed by atoms with Crippen molar-refractivity contribution in [3.63, 3.8) is 0 Å². The van der Waals surface area contributed by atoms with Crippen LogP contribution in [0.15, 0.2) is 54.6 Å². The fourth-order valence-corrected chi connectivity index (χ4v) is 9.60. The molecule has 0 aromatic heterocycles. The van der Waals surface area contributed by atoms with Crippen molar-refractivity contribution >= 4 is 5.69 Å². The summed E-state index contributed by atoms with van der Waals surface area (Å²) in [6.45, 7) is 3.11. The molecular formula is C27H33N2O2+. The molecule has 2 aromatic carbocycles. The molecule has 162 valence electrons.